The monoisotopic (exact) mass is 344 g/mol. The Balaban J connectivity index is 2.06. The highest BCUT2D eigenvalue weighted by Gasteiger charge is 2.12. The molecule has 19 heavy (non-hydrogen) atoms. The smallest absolute Gasteiger partial charge is 0.271 e. The van der Waals surface area contributed by atoms with Crippen LogP contribution in [0.4, 0.5) is 5.69 Å². The van der Waals surface area contributed by atoms with E-state index in [1.54, 1.807) is 6.07 Å². The Bertz CT molecular complexity index is 695. The van der Waals surface area contributed by atoms with Crippen molar-refractivity contribution >= 4 is 31.6 Å². The molecule has 0 unspecified atom stereocenters. The maximum Gasteiger partial charge on any atom is 0.271 e. The molecule has 0 aliphatic heterocycles. The number of primary sulfonamides is 1. The Morgan fingerprint density at radius 2 is 2.05 bits per heavy atom. The van der Waals surface area contributed by atoms with E-state index in [-0.39, 0.29) is 5.09 Å². The van der Waals surface area contributed by atoms with Crippen LogP contribution in [0, 0.1) is 6.92 Å². The molecule has 0 saturated carbocycles. The van der Waals surface area contributed by atoms with Gasteiger partial charge in [0.05, 0.1) is 6.54 Å². The Morgan fingerprint density at radius 3 is 2.63 bits per heavy atom. The van der Waals surface area contributed by atoms with Gasteiger partial charge in [-0.3, -0.25) is 0 Å². The number of sulfonamides is 1. The summed E-state index contributed by atoms with van der Waals surface area (Å²) in [4.78, 5) is 0. The van der Waals surface area contributed by atoms with Crippen molar-refractivity contribution in [3.63, 3.8) is 0 Å². The van der Waals surface area contributed by atoms with Crippen LogP contribution in [0.15, 0.2) is 44.3 Å². The van der Waals surface area contributed by atoms with Gasteiger partial charge in [-0.1, -0.05) is 22.0 Å². The zero-order valence-electron chi connectivity index (χ0n) is 10.2. The van der Waals surface area contributed by atoms with Gasteiger partial charge in [0.2, 0.25) is 5.09 Å². The molecular weight excluding hydrogens is 332 g/mol. The summed E-state index contributed by atoms with van der Waals surface area (Å²) in [5.41, 5.74) is 2.05. The molecule has 0 saturated heterocycles. The number of halogens is 1. The quantitative estimate of drug-likeness (QED) is 0.892. The number of furan rings is 1. The first-order valence-electron chi connectivity index (χ1n) is 5.48. The zero-order chi connectivity index (χ0) is 14.0. The predicted octanol–water partition coefficient (Wildman–Crippen LogP) is 2.61. The van der Waals surface area contributed by atoms with Crippen molar-refractivity contribution in [2.45, 2.75) is 18.6 Å². The van der Waals surface area contributed by atoms with E-state index in [2.05, 4.69) is 21.2 Å². The lowest BCUT2D eigenvalue weighted by Crippen LogP contribution is -2.10. The number of nitrogens with two attached hydrogens (primary N) is 1. The molecule has 2 rings (SSSR count). The standard InChI is InChI=1S/C12H13BrN2O3S/c1-8-2-3-9(6-11(8)13)15-7-10-4-5-12(18-10)19(14,16)17/h2-6,15H,7H2,1H3,(H2,14,16,17). The van der Waals surface area contributed by atoms with E-state index >= 15 is 0 Å². The van der Waals surface area contributed by atoms with Gasteiger partial charge >= 0.3 is 0 Å². The minimum Gasteiger partial charge on any atom is -0.446 e. The van der Waals surface area contributed by atoms with Crippen LogP contribution in [-0.4, -0.2) is 8.42 Å². The van der Waals surface area contributed by atoms with Gasteiger partial charge in [0, 0.05) is 10.2 Å². The minimum atomic E-state index is -3.78. The largest absolute Gasteiger partial charge is 0.446 e. The van der Waals surface area contributed by atoms with E-state index < -0.39 is 10.0 Å². The highest BCUT2D eigenvalue weighted by molar-refractivity contribution is 9.10. The lowest BCUT2D eigenvalue weighted by atomic mass is 10.2. The molecule has 3 N–H and O–H groups in total. The van der Waals surface area contributed by atoms with Gasteiger partial charge < -0.3 is 9.73 Å². The number of hydrogen-bond acceptors (Lipinski definition) is 4. The molecular formula is C12H13BrN2O3S. The van der Waals surface area contributed by atoms with Crippen molar-refractivity contribution in [3.8, 4) is 0 Å². The van der Waals surface area contributed by atoms with E-state index in [1.165, 1.54) is 6.07 Å². The van der Waals surface area contributed by atoms with Gasteiger partial charge in [0.1, 0.15) is 5.76 Å². The van der Waals surface area contributed by atoms with Crippen molar-refractivity contribution in [1.29, 1.82) is 0 Å². The summed E-state index contributed by atoms with van der Waals surface area (Å²) < 4.78 is 28.3. The number of rotatable bonds is 4. The Labute approximate surface area is 120 Å². The third-order valence-electron chi connectivity index (χ3n) is 2.56. The molecule has 7 heteroatoms. The second-order valence-corrected chi connectivity index (χ2v) is 6.43. The van der Waals surface area contributed by atoms with Gasteiger partial charge in [-0.25, -0.2) is 13.6 Å². The van der Waals surface area contributed by atoms with Crippen molar-refractivity contribution in [2.75, 3.05) is 5.32 Å². The molecule has 0 spiro atoms. The van der Waals surface area contributed by atoms with Crippen molar-refractivity contribution in [3.05, 3.63) is 46.1 Å². The fourth-order valence-electron chi connectivity index (χ4n) is 1.50. The molecule has 0 bridgehead atoms. The molecule has 1 aromatic carbocycles. The van der Waals surface area contributed by atoms with Gasteiger partial charge in [0.25, 0.3) is 10.0 Å². The highest BCUT2D eigenvalue weighted by Crippen LogP contribution is 2.21. The molecule has 0 aliphatic rings. The average molecular weight is 345 g/mol. The number of benzene rings is 1. The predicted molar refractivity (Wildman–Crippen MR) is 76.3 cm³/mol. The van der Waals surface area contributed by atoms with Crippen LogP contribution in [0.5, 0.6) is 0 Å². The molecule has 0 aliphatic carbocycles. The minimum absolute atomic E-state index is 0.227. The first kappa shape index (κ1) is 14.1. The van der Waals surface area contributed by atoms with Crippen LogP contribution in [0.3, 0.4) is 0 Å². The van der Waals surface area contributed by atoms with Gasteiger partial charge in [-0.15, -0.1) is 0 Å². The summed E-state index contributed by atoms with van der Waals surface area (Å²) in [5, 5.41) is 7.87. The Morgan fingerprint density at radius 1 is 1.32 bits per heavy atom. The first-order chi connectivity index (χ1) is 8.86. The van der Waals surface area contributed by atoms with Crippen molar-refractivity contribution in [2.24, 2.45) is 5.14 Å². The zero-order valence-corrected chi connectivity index (χ0v) is 12.6. The first-order valence-corrected chi connectivity index (χ1v) is 7.82. The van der Waals surface area contributed by atoms with E-state index in [0.29, 0.717) is 12.3 Å². The van der Waals surface area contributed by atoms with Gasteiger partial charge in [-0.2, -0.15) is 0 Å². The summed E-state index contributed by atoms with van der Waals surface area (Å²) in [6.45, 7) is 2.38. The summed E-state index contributed by atoms with van der Waals surface area (Å²) in [6.07, 6.45) is 0. The van der Waals surface area contributed by atoms with Crippen LogP contribution in [-0.2, 0) is 16.6 Å². The normalized spacial score (nSPS) is 11.5. The van der Waals surface area contributed by atoms with Crippen molar-refractivity contribution in [1.82, 2.24) is 0 Å². The molecule has 0 atom stereocenters. The number of anilines is 1. The SMILES string of the molecule is Cc1ccc(NCc2ccc(S(N)(=O)=O)o2)cc1Br. The maximum absolute atomic E-state index is 11.1. The van der Waals surface area contributed by atoms with E-state index in [0.717, 1.165) is 15.7 Å². The molecule has 0 fully saturated rings. The lowest BCUT2D eigenvalue weighted by molar-refractivity contribution is 0.419. The van der Waals surface area contributed by atoms with Gasteiger partial charge in [-0.05, 0) is 36.8 Å². The average Bonchev–Trinajstić information content (AvgIpc) is 2.79. The number of aryl methyl sites for hydroxylation is 1. The van der Waals surface area contributed by atoms with E-state index in [4.69, 9.17) is 9.56 Å². The number of nitrogens with one attached hydrogen (secondary N) is 1. The Hall–Kier alpha value is -1.31. The topological polar surface area (TPSA) is 85.3 Å². The van der Waals surface area contributed by atoms with E-state index in [1.807, 2.05) is 25.1 Å². The molecule has 1 heterocycles. The molecule has 2 aromatic rings. The second kappa shape index (κ2) is 5.36. The van der Waals surface area contributed by atoms with Crippen LogP contribution >= 0.6 is 15.9 Å². The molecule has 1 aromatic heterocycles. The molecule has 0 radical (unpaired) electrons. The number of hydrogen-bond donors (Lipinski definition) is 2. The summed E-state index contributed by atoms with van der Waals surface area (Å²) in [6, 6.07) is 8.78. The summed E-state index contributed by atoms with van der Waals surface area (Å²) in [7, 11) is -3.78. The third kappa shape index (κ3) is 3.59. The molecule has 102 valence electrons. The van der Waals surface area contributed by atoms with Crippen LogP contribution < -0.4 is 10.5 Å². The third-order valence-corrected chi connectivity index (χ3v) is 4.19. The second-order valence-electron chi connectivity index (χ2n) is 4.08. The summed E-state index contributed by atoms with van der Waals surface area (Å²) in [5.74, 6) is 0.501. The van der Waals surface area contributed by atoms with Crippen LogP contribution in [0.25, 0.3) is 0 Å². The van der Waals surface area contributed by atoms with Crippen LogP contribution in [0.1, 0.15) is 11.3 Å². The highest BCUT2D eigenvalue weighted by atomic mass is 79.9. The summed E-state index contributed by atoms with van der Waals surface area (Å²) >= 11 is 3.44. The van der Waals surface area contributed by atoms with Crippen molar-refractivity contribution < 1.29 is 12.8 Å². The molecule has 5 nitrogen and oxygen atoms in total. The lowest BCUT2D eigenvalue weighted by Gasteiger charge is -2.06. The van der Waals surface area contributed by atoms with E-state index in [9.17, 15) is 8.42 Å². The molecule has 0 amide bonds. The Kier molecular flexibility index (Phi) is 3.98. The maximum atomic E-state index is 11.1. The van der Waals surface area contributed by atoms with Crippen LogP contribution in [0.2, 0.25) is 0 Å². The van der Waals surface area contributed by atoms with Gasteiger partial charge in [0.15, 0.2) is 0 Å². The fourth-order valence-corrected chi connectivity index (χ4v) is 2.36. The fraction of sp³-hybridized carbons (Fsp3) is 0.167.